The lowest BCUT2D eigenvalue weighted by molar-refractivity contribution is 0.430. The van der Waals surface area contributed by atoms with Crippen molar-refractivity contribution in [2.24, 2.45) is 0 Å². The number of piperidine rings is 1. The summed E-state index contributed by atoms with van der Waals surface area (Å²) in [6, 6.07) is 2.65. The molecule has 0 aliphatic carbocycles. The second kappa shape index (κ2) is 6.39. The summed E-state index contributed by atoms with van der Waals surface area (Å²) in [5.41, 5.74) is 0.997. The monoisotopic (exact) mass is 288 g/mol. The molecular weight excluding hydrogens is 264 g/mol. The first kappa shape index (κ1) is 14.3. The van der Waals surface area contributed by atoms with Crippen LogP contribution in [0.4, 0.5) is 5.82 Å². The number of anilines is 1. The predicted molar refractivity (Wildman–Crippen MR) is 83.7 cm³/mol. The van der Waals surface area contributed by atoms with Crippen molar-refractivity contribution in [3.8, 4) is 0 Å². The molecule has 1 aliphatic rings. The van der Waals surface area contributed by atoms with Crippen LogP contribution in [0.1, 0.15) is 38.3 Å². The molecule has 1 aliphatic heterocycles. The number of aryl methyl sites for hydroxylation is 1. The Balaban J connectivity index is 1.88. The van der Waals surface area contributed by atoms with E-state index in [4.69, 9.17) is 0 Å². The number of hydrogen-bond acceptors (Lipinski definition) is 5. The van der Waals surface area contributed by atoms with Crippen molar-refractivity contribution in [1.82, 2.24) is 24.9 Å². The van der Waals surface area contributed by atoms with Crippen LogP contribution >= 0.6 is 0 Å². The third-order valence-corrected chi connectivity index (χ3v) is 4.09. The standard InChI is InChI=1S/C15H24N6/c1-3-7-16-10-13-6-4-5-8-20(13)14-9-12(2)19-15-17-11-18-21(14)15/h9,11,13,16H,3-8,10H2,1-2H3. The summed E-state index contributed by atoms with van der Waals surface area (Å²) in [7, 11) is 0. The van der Waals surface area contributed by atoms with E-state index in [1.807, 2.05) is 11.4 Å². The van der Waals surface area contributed by atoms with Crippen LogP contribution in [0.5, 0.6) is 0 Å². The molecule has 3 heterocycles. The van der Waals surface area contributed by atoms with Crippen molar-refractivity contribution in [1.29, 1.82) is 0 Å². The molecule has 0 amide bonds. The second-order valence-corrected chi connectivity index (χ2v) is 5.77. The van der Waals surface area contributed by atoms with Crippen LogP contribution in [0.25, 0.3) is 5.78 Å². The summed E-state index contributed by atoms with van der Waals surface area (Å²) < 4.78 is 1.87. The van der Waals surface area contributed by atoms with Crippen LogP contribution in [-0.4, -0.2) is 45.3 Å². The van der Waals surface area contributed by atoms with E-state index in [0.717, 1.165) is 31.1 Å². The minimum Gasteiger partial charge on any atom is -0.352 e. The number of nitrogens with zero attached hydrogens (tertiary/aromatic N) is 5. The first-order chi connectivity index (χ1) is 10.3. The number of fused-ring (bicyclic) bond motifs is 1. The molecule has 6 nitrogen and oxygen atoms in total. The Bertz CT molecular complexity index is 593. The van der Waals surface area contributed by atoms with E-state index in [1.54, 1.807) is 6.33 Å². The molecule has 1 N–H and O–H groups in total. The highest BCUT2D eigenvalue weighted by Crippen LogP contribution is 2.25. The van der Waals surface area contributed by atoms with Gasteiger partial charge in [-0.15, -0.1) is 0 Å². The Hall–Kier alpha value is -1.69. The zero-order chi connectivity index (χ0) is 14.7. The fourth-order valence-corrected chi connectivity index (χ4v) is 3.08. The van der Waals surface area contributed by atoms with Gasteiger partial charge in [0.1, 0.15) is 12.1 Å². The molecule has 0 bridgehead atoms. The van der Waals surface area contributed by atoms with Crippen LogP contribution in [0.15, 0.2) is 12.4 Å². The lowest BCUT2D eigenvalue weighted by Crippen LogP contribution is -2.46. The topological polar surface area (TPSA) is 58.3 Å². The molecule has 21 heavy (non-hydrogen) atoms. The number of rotatable bonds is 5. The maximum atomic E-state index is 4.44. The van der Waals surface area contributed by atoms with Gasteiger partial charge in [-0.05, 0) is 39.2 Å². The normalized spacial score (nSPS) is 19.3. The third-order valence-electron chi connectivity index (χ3n) is 4.09. The van der Waals surface area contributed by atoms with Crippen LogP contribution in [0.3, 0.4) is 0 Å². The molecule has 0 radical (unpaired) electrons. The molecule has 0 aromatic carbocycles. The molecule has 1 atom stereocenters. The van der Waals surface area contributed by atoms with E-state index in [0.29, 0.717) is 11.8 Å². The van der Waals surface area contributed by atoms with Gasteiger partial charge in [-0.2, -0.15) is 14.6 Å². The van der Waals surface area contributed by atoms with E-state index < -0.39 is 0 Å². The minimum absolute atomic E-state index is 0.527. The molecule has 3 rings (SSSR count). The molecule has 2 aromatic heterocycles. The number of aromatic nitrogens is 4. The summed E-state index contributed by atoms with van der Waals surface area (Å²) in [6.07, 6.45) is 6.53. The van der Waals surface area contributed by atoms with Gasteiger partial charge in [-0.3, -0.25) is 0 Å². The van der Waals surface area contributed by atoms with E-state index in [2.05, 4.69) is 38.3 Å². The van der Waals surface area contributed by atoms with E-state index in [9.17, 15) is 0 Å². The van der Waals surface area contributed by atoms with E-state index in [-0.39, 0.29) is 0 Å². The van der Waals surface area contributed by atoms with Crippen molar-refractivity contribution in [3.05, 3.63) is 18.1 Å². The lowest BCUT2D eigenvalue weighted by atomic mass is 10.0. The molecule has 0 spiro atoms. The van der Waals surface area contributed by atoms with Gasteiger partial charge in [0.15, 0.2) is 0 Å². The molecule has 6 heteroatoms. The minimum atomic E-state index is 0.527. The SMILES string of the molecule is CCCNCC1CCCCN1c1cc(C)nc2ncnn12. The molecule has 114 valence electrons. The summed E-state index contributed by atoms with van der Waals surface area (Å²) in [5, 5.41) is 7.91. The highest BCUT2D eigenvalue weighted by molar-refractivity contribution is 5.48. The zero-order valence-electron chi connectivity index (χ0n) is 12.9. The Labute approximate surface area is 125 Å². The number of nitrogens with one attached hydrogen (secondary N) is 1. The smallest absolute Gasteiger partial charge is 0.254 e. The van der Waals surface area contributed by atoms with Gasteiger partial charge in [-0.25, -0.2) is 4.98 Å². The van der Waals surface area contributed by atoms with Crippen LogP contribution in [0, 0.1) is 6.92 Å². The zero-order valence-corrected chi connectivity index (χ0v) is 12.9. The van der Waals surface area contributed by atoms with Crippen molar-refractivity contribution in [3.63, 3.8) is 0 Å². The van der Waals surface area contributed by atoms with Gasteiger partial charge in [0.25, 0.3) is 5.78 Å². The van der Waals surface area contributed by atoms with Crippen LogP contribution in [0.2, 0.25) is 0 Å². The Morgan fingerprint density at radius 3 is 3.14 bits per heavy atom. The van der Waals surface area contributed by atoms with Gasteiger partial charge in [-0.1, -0.05) is 6.92 Å². The lowest BCUT2D eigenvalue weighted by Gasteiger charge is -2.37. The molecule has 1 fully saturated rings. The van der Waals surface area contributed by atoms with Gasteiger partial charge in [0.2, 0.25) is 0 Å². The van der Waals surface area contributed by atoms with Crippen LogP contribution < -0.4 is 10.2 Å². The van der Waals surface area contributed by atoms with Gasteiger partial charge in [0.05, 0.1) is 0 Å². The Kier molecular flexibility index (Phi) is 4.34. The maximum absolute atomic E-state index is 4.44. The summed E-state index contributed by atoms with van der Waals surface area (Å²) in [5.74, 6) is 1.81. The van der Waals surface area contributed by atoms with Gasteiger partial charge in [0, 0.05) is 30.9 Å². The quantitative estimate of drug-likeness (QED) is 0.850. The summed E-state index contributed by atoms with van der Waals surface area (Å²) >= 11 is 0. The Morgan fingerprint density at radius 1 is 1.38 bits per heavy atom. The number of hydrogen-bond donors (Lipinski definition) is 1. The first-order valence-electron chi connectivity index (χ1n) is 7.94. The van der Waals surface area contributed by atoms with Gasteiger partial charge < -0.3 is 10.2 Å². The van der Waals surface area contributed by atoms with Crippen molar-refractivity contribution in [2.75, 3.05) is 24.5 Å². The molecule has 1 unspecified atom stereocenters. The largest absolute Gasteiger partial charge is 0.352 e. The fourth-order valence-electron chi connectivity index (χ4n) is 3.08. The Morgan fingerprint density at radius 2 is 2.29 bits per heavy atom. The molecule has 2 aromatic rings. The third kappa shape index (κ3) is 3.00. The highest BCUT2D eigenvalue weighted by atomic mass is 15.4. The molecule has 1 saturated heterocycles. The second-order valence-electron chi connectivity index (χ2n) is 5.77. The fraction of sp³-hybridized carbons (Fsp3) is 0.667. The molecule has 0 saturated carbocycles. The average molecular weight is 288 g/mol. The van der Waals surface area contributed by atoms with Crippen LogP contribution in [-0.2, 0) is 0 Å². The molecular formula is C15H24N6. The average Bonchev–Trinajstić information content (AvgIpc) is 2.95. The van der Waals surface area contributed by atoms with Crippen molar-refractivity contribution < 1.29 is 0 Å². The first-order valence-corrected chi connectivity index (χ1v) is 7.94. The summed E-state index contributed by atoms with van der Waals surface area (Å²) in [6.45, 7) is 7.42. The van der Waals surface area contributed by atoms with Crippen molar-refractivity contribution in [2.45, 2.75) is 45.6 Å². The van der Waals surface area contributed by atoms with E-state index >= 15 is 0 Å². The maximum Gasteiger partial charge on any atom is 0.254 e. The van der Waals surface area contributed by atoms with Gasteiger partial charge >= 0.3 is 0 Å². The summed E-state index contributed by atoms with van der Waals surface area (Å²) in [4.78, 5) is 11.1. The predicted octanol–water partition coefficient (Wildman–Crippen LogP) is 1.79. The van der Waals surface area contributed by atoms with Crippen molar-refractivity contribution >= 4 is 11.6 Å². The highest BCUT2D eigenvalue weighted by Gasteiger charge is 2.25. The van der Waals surface area contributed by atoms with E-state index in [1.165, 1.54) is 25.7 Å².